The van der Waals surface area contributed by atoms with Crippen molar-refractivity contribution < 1.29 is 19.0 Å². The zero-order valence-corrected chi connectivity index (χ0v) is 30.3. The van der Waals surface area contributed by atoms with E-state index in [-0.39, 0.29) is 19.3 Å². The van der Waals surface area contributed by atoms with Crippen molar-refractivity contribution in [3.63, 3.8) is 0 Å². The van der Waals surface area contributed by atoms with E-state index >= 15 is 0 Å². The SMILES string of the molecule is CCCCCCCCCCCCCCCCCCN(C)C(=O)OCC(COC(c1ccccc1)(c1ccccc1)c1ccccc1)OC. The summed E-state index contributed by atoms with van der Waals surface area (Å²) in [5, 5.41) is 0. The summed E-state index contributed by atoms with van der Waals surface area (Å²) in [7, 11) is 3.45. The minimum atomic E-state index is -0.853. The van der Waals surface area contributed by atoms with Gasteiger partial charge in [0.25, 0.3) is 0 Å². The van der Waals surface area contributed by atoms with Gasteiger partial charge in [-0.2, -0.15) is 0 Å². The maximum Gasteiger partial charge on any atom is 0.409 e. The minimum absolute atomic E-state index is 0.118. The Morgan fingerprint density at radius 1 is 0.583 bits per heavy atom. The molecular weight excluding hydrogens is 594 g/mol. The molecule has 1 amide bonds. The molecule has 3 aromatic carbocycles. The lowest BCUT2D eigenvalue weighted by molar-refractivity contribution is -0.0703. The minimum Gasteiger partial charge on any atom is -0.447 e. The van der Waals surface area contributed by atoms with Gasteiger partial charge in [0, 0.05) is 20.7 Å². The number of benzene rings is 3. The van der Waals surface area contributed by atoms with E-state index in [1.54, 1.807) is 12.0 Å². The Balaban J connectivity index is 1.36. The molecule has 3 aromatic rings. The highest BCUT2D eigenvalue weighted by Gasteiger charge is 2.38. The van der Waals surface area contributed by atoms with Gasteiger partial charge in [0.2, 0.25) is 0 Å². The lowest BCUT2D eigenvalue weighted by Gasteiger charge is -2.37. The summed E-state index contributed by atoms with van der Waals surface area (Å²) in [6, 6.07) is 30.8. The van der Waals surface area contributed by atoms with Gasteiger partial charge in [-0.3, -0.25) is 0 Å². The molecule has 5 nitrogen and oxygen atoms in total. The Morgan fingerprint density at radius 3 is 1.33 bits per heavy atom. The number of carbonyl (C=O) groups excluding carboxylic acids is 1. The van der Waals surface area contributed by atoms with Crippen LogP contribution < -0.4 is 0 Å². The van der Waals surface area contributed by atoms with Crippen LogP contribution in [0, 0.1) is 0 Å². The van der Waals surface area contributed by atoms with Gasteiger partial charge in [-0.1, -0.05) is 194 Å². The number of unbranched alkanes of at least 4 members (excludes halogenated alkanes) is 15. The molecule has 0 heterocycles. The van der Waals surface area contributed by atoms with Crippen LogP contribution in [0.4, 0.5) is 4.79 Å². The first-order chi connectivity index (χ1) is 23.6. The van der Waals surface area contributed by atoms with E-state index in [9.17, 15) is 4.79 Å². The number of hydrogen-bond donors (Lipinski definition) is 0. The largest absolute Gasteiger partial charge is 0.447 e. The second kappa shape index (κ2) is 24.1. The normalized spacial score (nSPS) is 12.1. The average molecular weight is 658 g/mol. The highest BCUT2D eigenvalue weighted by molar-refractivity contribution is 5.67. The van der Waals surface area contributed by atoms with E-state index in [0.29, 0.717) is 6.54 Å². The zero-order chi connectivity index (χ0) is 34.1. The maximum atomic E-state index is 12.8. The molecule has 264 valence electrons. The van der Waals surface area contributed by atoms with Crippen molar-refractivity contribution in [2.75, 3.05) is 33.9 Å². The highest BCUT2D eigenvalue weighted by atomic mass is 16.6. The van der Waals surface area contributed by atoms with Crippen molar-refractivity contribution in [2.45, 2.75) is 121 Å². The van der Waals surface area contributed by atoms with Gasteiger partial charge in [0.15, 0.2) is 0 Å². The fourth-order valence-corrected chi connectivity index (χ4v) is 6.43. The average Bonchev–Trinajstić information content (AvgIpc) is 3.14. The molecule has 0 spiro atoms. The number of rotatable bonds is 26. The van der Waals surface area contributed by atoms with E-state index in [4.69, 9.17) is 14.2 Å². The van der Waals surface area contributed by atoms with Crippen LogP contribution in [0.1, 0.15) is 126 Å². The van der Waals surface area contributed by atoms with Crippen LogP contribution in [-0.4, -0.2) is 51.0 Å². The molecule has 0 N–H and O–H groups in total. The summed E-state index contributed by atoms with van der Waals surface area (Å²) < 4.78 is 18.3. The van der Waals surface area contributed by atoms with Crippen molar-refractivity contribution >= 4 is 6.09 Å². The summed E-state index contributed by atoms with van der Waals surface area (Å²) in [6.07, 6.45) is 20.6. The zero-order valence-electron chi connectivity index (χ0n) is 30.3. The van der Waals surface area contributed by atoms with Gasteiger partial charge < -0.3 is 19.1 Å². The first-order valence-electron chi connectivity index (χ1n) is 18.8. The van der Waals surface area contributed by atoms with Gasteiger partial charge in [0.1, 0.15) is 18.3 Å². The van der Waals surface area contributed by atoms with Crippen molar-refractivity contribution in [1.29, 1.82) is 0 Å². The van der Waals surface area contributed by atoms with Gasteiger partial charge >= 0.3 is 6.09 Å². The van der Waals surface area contributed by atoms with Gasteiger partial charge in [-0.15, -0.1) is 0 Å². The molecule has 0 radical (unpaired) electrons. The van der Waals surface area contributed by atoms with E-state index < -0.39 is 11.7 Å². The second-order valence-electron chi connectivity index (χ2n) is 13.2. The van der Waals surface area contributed by atoms with Crippen LogP contribution in [0.3, 0.4) is 0 Å². The molecule has 0 aromatic heterocycles. The van der Waals surface area contributed by atoms with Crippen LogP contribution in [0.15, 0.2) is 91.0 Å². The Hall–Kier alpha value is -3.15. The van der Waals surface area contributed by atoms with Gasteiger partial charge in [-0.25, -0.2) is 4.79 Å². The summed E-state index contributed by atoms with van der Waals surface area (Å²) in [4.78, 5) is 14.5. The Labute approximate surface area is 292 Å². The molecule has 1 atom stereocenters. The van der Waals surface area contributed by atoms with E-state index in [1.165, 1.54) is 89.9 Å². The topological polar surface area (TPSA) is 48.0 Å². The Kier molecular flexibility index (Phi) is 19.7. The monoisotopic (exact) mass is 657 g/mol. The van der Waals surface area contributed by atoms with E-state index in [2.05, 4.69) is 43.3 Å². The summed E-state index contributed by atoms with van der Waals surface area (Å²) >= 11 is 0. The molecule has 1 unspecified atom stereocenters. The standard InChI is InChI=1S/C43H63NO4/c1-4-5-6-7-8-9-10-11-12-13-14-15-16-17-18-28-35-44(2)42(45)47-36-41(46-3)37-48-43(38-29-22-19-23-30-38,39-31-24-20-25-32-39)40-33-26-21-27-34-40/h19-27,29-34,41H,4-18,28,35-37H2,1-3H3. The smallest absolute Gasteiger partial charge is 0.409 e. The maximum absolute atomic E-state index is 12.8. The van der Waals surface area contributed by atoms with Crippen molar-refractivity contribution in [1.82, 2.24) is 4.90 Å². The van der Waals surface area contributed by atoms with Crippen molar-refractivity contribution in [3.8, 4) is 0 Å². The van der Waals surface area contributed by atoms with Crippen LogP contribution in [0.2, 0.25) is 0 Å². The summed E-state index contributed by atoms with van der Waals surface area (Å²) in [6.45, 7) is 3.34. The van der Waals surface area contributed by atoms with Crippen LogP contribution in [-0.2, 0) is 19.8 Å². The van der Waals surface area contributed by atoms with E-state index in [0.717, 1.165) is 29.5 Å². The number of amides is 1. The molecule has 0 saturated heterocycles. The predicted octanol–water partition coefficient (Wildman–Crippen LogP) is 11.3. The molecule has 3 rings (SSSR count). The summed E-state index contributed by atoms with van der Waals surface area (Å²) in [5.41, 5.74) is 2.21. The van der Waals surface area contributed by atoms with Crippen LogP contribution >= 0.6 is 0 Å². The van der Waals surface area contributed by atoms with Gasteiger partial charge in [-0.05, 0) is 23.1 Å². The van der Waals surface area contributed by atoms with Crippen LogP contribution in [0.25, 0.3) is 0 Å². The third kappa shape index (κ3) is 13.8. The third-order valence-electron chi connectivity index (χ3n) is 9.41. The summed E-state index contributed by atoms with van der Waals surface area (Å²) in [5.74, 6) is 0. The van der Waals surface area contributed by atoms with Crippen molar-refractivity contribution in [3.05, 3.63) is 108 Å². The first-order valence-corrected chi connectivity index (χ1v) is 18.8. The van der Waals surface area contributed by atoms with Crippen molar-refractivity contribution in [2.24, 2.45) is 0 Å². The molecular formula is C43H63NO4. The molecule has 0 saturated carbocycles. The number of ether oxygens (including phenoxy) is 3. The second-order valence-corrected chi connectivity index (χ2v) is 13.2. The molecule has 0 aliphatic rings. The third-order valence-corrected chi connectivity index (χ3v) is 9.41. The lowest BCUT2D eigenvalue weighted by Crippen LogP contribution is -2.38. The fourth-order valence-electron chi connectivity index (χ4n) is 6.43. The Bertz CT molecular complexity index is 1110. The molecule has 0 aliphatic carbocycles. The van der Waals surface area contributed by atoms with E-state index in [1.807, 2.05) is 61.6 Å². The number of hydrogen-bond acceptors (Lipinski definition) is 4. The fraction of sp³-hybridized carbons (Fsp3) is 0.558. The quantitative estimate of drug-likeness (QED) is 0.0637. The predicted molar refractivity (Wildman–Crippen MR) is 199 cm³/mol. The number of nitrogens with zero attached hydrogens (tertiary/aromatic N) is 1. The highest BCUT2D eigenvalue weighted by Crippen LogP contribution is 2.40. The molecule has 5 heteroatoms. The lowest BCUT2D eigenvalue weighted by atomic mass is 9.80. The van der Waals surface area contributed by atoms with Crippen LogP contribution in [0.5, 0.6) is 0 Å². The number of carbonyl (C=O) groups is 1. The molecule has 0 fully saturated rings. The Morgan fingerprint density at radius 2 is 0.958 bits per heavy atom. The van der Waals surface area contributed by atoms with Gasteiger partial charge in [0.05, 0.1) is 6.61 Å². The first kappa shape index (κ1) is 39.3. The molecule has 48 heavy (non-hydrogen) atoms. The molecule has 0 bridgehead atoms. The number of methoxy groups -OCH3 is 1. The molecule has 0 aliphatic heterocycles.